The molecule has 0 bridgehead atoms. The van der Waals surface area contributed by atoms with Crippen molar-refractivity contribution in [1.82, 2.24) is 4.98 Å². The molecule has 0 aliphatic carbocycles. The van der Waals surface area contributed by atoms with Crippen LogP contribution in [-0.4, -0.2) is 10.1 Å². The maximum absolute atomic E-state index is 9.58. The van der Waals surface area contributed by atoms with Crippen LogP contribution in [0.4, 0.5) is 0 Å². The third-order valence-corrected chi connectivity index (χ3v) is 1.74. The van der Waals surface area contributed by atoms with Gasteiger partial charge in [-0.15, -0.1) is 6.58 Å². The van der Waals surface area contributed by atoms with Crippen molar-refractivity contribution in [2.24, 2.45) is 0 Å². The summed E-state index contributed by atoms with van der Waals surface area (Å²) in [4.78, 5) is 3.88. The summed E-state index contributed by atoms with van der Waals surface area (Å²) in [5.41, 5.74) is 0.923. The quantitative estimate of drug-likeness (QED) is 0.689. The average Bonchev–Trinajstić information content (AvgIpc) is 2.15. The smallest absolute Gasteiger partial charge is 0.0794 e. The van der Waals surface area contributed by atoms with E-state index >= 15 is 0 Å². The molecule has 0 fully saturated rings. The Morgan fingerprint density at radius 2 is 2.17 bits per heavy atom. The molecule has 0 aliphatic rings. The second-order valence-electron chi connectivity index (χ2n) is 2.66. The number of pyridine rings is 1. The number of aromatic nitrogens is 1. The molecule has 1 heterocycles. The minimum absolute atomic E-state index is 0.383. The number of aliphatic hydroxyl groups is 1. The van der Waals surface area contributed by atoms with Crippen LogP contribution in [-0.2, 0) is 0 Å². The average molecular weight is 163 g/mol. The number of nitrogens with zero attached hydrogens (tertiary/aromatic N) is 1. The van der Waals surface area contributed by atoms with Crippen LogP contribution in [0.25, 0.3) is 0 Å². The second-order valence-corrected chi connectivity index (χ2v) is 2.66. The molecule has 0 aromatic carbocycles. The van der Waals surface area contributed by atoms with Gasteiger partial charge in [0.2, 0.25) is 0 Å². The van der Waals surface area contributed by atoms with E-state index in [1.54, 1.807) is 12.4 Å². The van der Waals surface area contributed by atoms with E-state index in [0.717, 1.165) is 18.4 Å². The van der Waals surface area contributed by atoms with Crippen LogP contribution in [0.5, 0.6) is 0 Å². The molecule has 0 amide bonds. The first-order valence-electron chi connectivity index (χ1n) is 4.03. The maximum atomic E-state index is 9.58. The Hall–Kier alpha value is -1.15. The fourth-order valence-corrected chi connectivity index (χ4v) is 1.03. The van der Waals surface area contributed by atoms with Crippen molar-refractivity contribution in [2.75, 3.05) is 0 Å². The summed E-state index contributed by atoms with van der Waals surface area (Å²) >= 11 is 0. The molecule has 1 rings (SSSR count). The van der Waals surface area contributed by atoms with Gasteiger partial charge in [-0.25, -0.2) is 0 Å². The van der Waals surface area contributed by atoms with E-state index in [4.69, 9.17) is 0 Å². The Bertz CT molecular complexity index is 233. The van der Waals surface area contributed by atoms with E-state index in [9.17, 15) is 5.11 Å². The number of allylic oxidation sites excluding steroid dienone is 1. The van der Waals surface area contributed by atoms with Gasteiger partial charge in [0.15, 0.2) is 0 Å². The molecule has 1 aromatic heterocycles. The minimum Gasteiger partial charge on any atom is -0.388 e. The molecular weight excluding hydrogens is 150 g/mol. The predicted molar refractivity (Wildman–Crippen MR) is 48.6 cm³/mol. The van der Waals surface area contributed by atoms with E-state index < -0.39 is 0 Å². The molecule has 1 atom stereocenters. The predicted octanol–water partition coefficient (Wildman–Crippen LogP) is 2.08. The number of aliphatic hydroxyl groups excluding tert-OH is 1. The molecule has 0 radical (unpaired) electrons. The lowest BCUT2D eigenvalue weighted by molar-refractivity contribution is 0.168. The Kier molecular flexibility index (Phi) is 3.48. The van der Waals surface area contributed by atoms with Crippen molar-refractivity contribution in [3.05, 3.63) is 42.7 Å². The summed E-state index contributed by atoms with van der Waals surface area (Å²) in [6.45, 7) is 3.60. The Balaban J connectivity index is 2.53. The third-order valence-electron chi connectivity index (χ3n) is 1.74. The van der Waals surface area contributed by atoms with E-state index in [1.165, 1.54) is 0 Å². The zero-order valence-electron chi connectivity index (χ0n) is 6.98. The fraction of sp³-hybridized carbons (Fsp3) is 0.300. The molecular formula is C10H13NO. The fourth-order valence-electron chi connectivity index (χ4n) is 1.03. The van der Waals surface area contributed by atoms with Gasteiger partial charge >= 0.3 is 0 Å². The van der Waals surface area contributed by atoms with E-state index in [0.29, 0.717) is 0 Å². The van der Waals surface area contributed by atoms with E-state index in [2.05, 4.69) is 11.6 Å². The zero-order valence-corrected chi connectivity index (χ0v) is 6.98. The summed E-state index contributed by atoms with van der Waals surface area (Å²) in [5.74, 6) is 0. The van der Waals surface area contributed by atoms with Crippen LogP contribution in [0.15, 0.2) is 37.2 Å². The van der Waals surface area contributed by atoms with Gasteiger partial charge in [-0.05, 0) is 30.5 Å². The molecule has 0 aliphatic heterocycles. The molecule has 2 nitrogen and oxygen atoms in total. The molecule has 0 saturated heterocycles. The second kappa shape index (κ2) is 4.67. The van der Waals surface area contributed by atoms with Crippen molar-refractivity contribution in [2.45, 2.75) is 18.9 Å². The van der Waals surface area contributed by atoms with Gasteiger partial charge in [0.1, 0.15) is 0 Å². The van der Waals surface area contributed by atoms with Crippen molar-refractivity contribution in [1.29, 1.82) is 0 Å². The van der Waals surface area contributed by atoms with Crippen molar-refractivity contribution >= 4 is 0 Å². The van der Waals surface area contributed by atoms with Crippen molar-refractivity contribution < 1.29 is 5.11 Å². The van der Waals surface area contributed by atoms with Gasteiger partial charge in [0.05, 0.1) is 6.10 Å². The summed E-state index contributed by atoms with van der Waals surface area (Å²) in [7, 11) is 0. The van der Waals surface area contributed by atoms with Crippen LogP contribution in [0.2, 0.25) is 0 Å². The number of hydrogen-bond acceptors (Lipinski definition) is 2. The molecule has 0 saturated carbocycles. The third kappa shape index (κ3) is 2.47. The highest BCUT2D eigenvalue weighted by atomic mass is 16.3. The number of hydrogen-bond donors (Lipinski definition) is 1. The summed E-state index contributed by atoms with van der Waals surface area (Å²) in [6.07, 6.45) is 6.37. The van der Waals surface area contributed by atoms with Crippen LogP contribution in [0.1, 0.15) is 24.5 Å². The lowest BCUT2D eigenvalue weighted by atomic mass is 10.1. The lowest BCUT2D eigenvalue weighted by Crippen LogP contribution is -1.96. The molecule has 1 aromatic rings. The molecule has 0 spiro atoms. The van der Waals surface area contributed by atoms with Gasteiger partial charge in [0, 0.05) is 12.4 Å². The molecule has 1 unspecified atom stereocenters. The minimum atomic E-state index is -0.383. The largest absolute Gasteiger partial charge is 0.388 e. The highest BCUT2D eigenvalue weighted by Gasteiger charge is 2.04. The first kappa shape index (κ1) is 8.94. The molecule has 64 valence electrons. The molecule has 12 heavy (non-hydrogen) atoms. The van der Waals surface area contributed by atoms with Crippen LogP contribution in [0.3, 0.4) is 0 Å². The zero-order chi connectivity index (χ0) is 8.81. The van der Waals surface area contributed by atoms with Gasteiger partial charge < -0.3 is 5.11 Å². The first-order chi connectivity index (χ1) is 5.84. The normalized spacial score (nSPS) is 12.4. The number of rotatable bonds is 4. The highest BCUT2D eigenvalue weighted by molar-refractivity contribution is 5.12. The molecule has 1 N–H and O–H groups in total. The Morgan fingerprint density at radius 1 is 1.50 bits per heavy atom. The Labute approximate surface area is 72.6 Å². The van der Waals surface area contributed by atoms with Crippen molar-refractivity contribution in [3.63, 3.8) is 0 Å². The van der Waals surface area contributed by atoms with E-state index in [1.807, 2.05) is 18.2 Å². The standard InChI is InChI=1S/C10H13NO/c1-2-3-4-10(12)9-5-7-11-8-6-9/h2,5-8,10,12H,1,3-4H2. The van der Waals surface area contributed by atoms with Crippen LogP contribution < -0.4 is 0 Å². The SMILES string of the molecule is C=CCCC(O)c1ccncc1. The van der Waals surface area contributed by atoms with E-state index in [-0.39, 0.29) is 6.10 Å². The van der Waals surface area contributed by atoms with Gasteiger partial charge in [-0.1, -0.05) is 6.08 Å². The maximum Gasteiger partial charge on any atom is 0.0794 e. The van der Waals surface area contributed by atoms with Crippen LogP contribution in [0, 0.1) is 0 Å². The first-order valence-corrected chi connectivity index (χ1v) is 4.03. The summed E-state index contributed by atoms with van der Waals surface area (Å²) in [5, 5.41) is 9.58. The summed E-state index contributed by atoms with van der Waals surface area (Å²) < 4.78 is 0. The van der Waals surface area contributed by atoms with Gasteiger partial charge in [-0.3, -0.25) is 4.98 Å². The van der Waals surface area contributed by atoms with Gasteiger partial charge in [-0.2, -0.15) is 0 Å². The highest BCUT2D eigenvalue weighted by Crippen LogP contribution is 2.16. The topological polar surface area (TPSA) is 33.1 Å². The Morgan fingerprint density at radius 3 is 2.75 bits per heavy atom. The molecule has 2 heteroatoms. The van der Waals surface area contributed by atoms with Crippen LogP contribution >= 0.6 is 0 Å². The van der Waals surface area contributed by atoms with Gasteiger partial charge in [0.25, 0.3) is 0 Å². The lowest BCUT2D eigenvalue weighted by Gasteiger charge is -2.07. The summed E-state index contributed by atoms with van der Waals surface area (Å²) in [6, 6.07) is 3.65. The van der Waals surface area contributed by atoms with Crippen molar-refractivity contribution in [3.8, 4) is 0 Å². The monoisotopic (exact) mass is 163 g/mol.